The first-order chi connectivity index (χ1) is 12.7. The first-order valence-electron chi connectivity index (χ1n) is 9.19. The maximum Gasteiger partial charge on any atom is 0.323 e. The van der Waals surface area contributed by atoms with Gasteiger partial charge < -0.3 is 9.15 Å². The molecule has 26 heavy (non-hydrogen) atoms. The number of methoxy groups -OCH3 is 1. The fraction of sp³-hybridized carbons (Fsp3) is 0.500. The van der Waals surface area contributed by atoms with Gasteiger partial charge in [0.15, 0.2) is 0 Å². The first kappa shape index (κ1) is 17.2. The lowest BCUT2D eigenvalue weighted by Gasteiger charge is -2.32. The highest BCUT2D eigenvalue weighted by atomic mass is 19.1. The first-order valence-corrected chi connectivity index (χ1v) is 9.19. The van der Waals surface area contributed by atoms with E-state index >= 15 is 0 Å². The van der Waals surface area contributed by atoms with Crippen molar-refractivity contribution in [3.63, 3.8) is 0 Å². The van der Waals surface area contributed by atoms with E-state index in [0.717, 1.165) is 24.1 Å². The number of carbonyl (C=O) groups excluding carboxylic acids is 1. The van der Waals surface area contributed by atoms with E-state index in [4.69, 9.17) is 9.15 Å². The van der Waals surface area contributed by atoms with Crippen molar-refractivity contribution in [3.05, 3.63) is 42.0 Å². The number of rotatable bonds is 4. The number of aromatic nitrogens is 1. The van der Waals surface area contributed by atoms with Crippen molar-refractivity contribution in [1.82, 2.24) is 9.88 Å². The fourth-order valence-corrected chi connectivity index (χ4v) is 4.44. The van der Waals surface area contributed by atoms with Crippen LogP contribution in [0.3, 0.4) is 0 Å². The van der Waals surface area contributed by atoms with Gasteiger partial charge in [-0.25, -0.2) is 9.37 Å². The normalized spacial score (nSPS) is 25.8. The highest BCUT2D eigenvalue weighted by Gasteiger charge is 2.45. The van der Waals surface area contributed by atoms with E-state index < -0.39 is 0 Å². The number of nitrogens with zero attached hydrogens (tertiary/aromatic N) is 2. The van der Waals surface area contributed by atoms with Crippen LogP contribution in [0.15, 0.2) is 34.9 Å². The topological polar surface area (TPSA) is 55.6 Å². The number of likely N-dealkylation sites (tertiary alicyclic amines) is 1. The molecule has 0 radical (unpaired) electrons. The number of esters is 1. The Balaban J connectivity index is 1.54. The van der Waals surface area contributed by atoms with Crippen molar-refractivity contribution >= 4 is 5.97 Å². The van der Waals surface area contributed by atoms with Gasteiger partial charge in [0, 0.05) is 18.2 Å². The highest BCUT2D eigenvalue weighted by Crippen LogP contribution is 2.40. The molecule has 1 saturated heterocycles. The van der Waals surface area contributed by atoms with Crippen LogP contribution in [0, 0.1) is 11.7 Å². The summed E-state index contributed by atoms with van der Waals surface area (Å²) >= 11 is 0. The SMILES string of the molecule is COC(=O)[C@@H]1C[C@H]2CCCC[C@H]2N1Cc1coc(-c2ccc(F)cc2)n1. The van der Waals surface area contributed by atoms with Crippen LogP contribution in [0.1, 0.15) is 37.8 Å². The van der Waals surface area contributed by atoms with Crippen LogP contribution >= 0.6 is 0 Å². The number of fused-ring (bicyclic) bond motifs is 1. The molecule has 5 nitrogen and oxygen atoms in total. The second-order valence-electron chi connectivity index (χ2n) is 7.21. The molecule has 2 fully saturated rings. The molecular weight excluding hydrogens is 335 g/mol. The van der Waals surface area contributed by atoms with Crippen molar-refractivity contribution in [2.45, 2.75) is 50.7 Å². The van der Waals surface area contributed by atoms with Crippen LogP contribution in [-0.4, -0.2) is 35.0 Å². The van der Waals surface area contributed by atoms with Crippen molar-refractivity contribution in [2.75, 3.05) is 7.11 Å². The Labute approximate surface area is 152 Å². The molecule has 0 amide bonds. The minimum Gasteiger partial charge on any atom is -0.468 e. The number of ether oxygens (including phenoxy) is 1. The third-order valence-electron chi connectivity index (χ3n) is 5.68. The van der Waals surface area contributed by atoms with E-state index in [2.05, 4.69) is 9.88 Å². The Morgan fingerprint density at radius 1 is 1.31 bits per heavy atom. The van der Waals surface area contributed by atoms with Gasteiger partial charge in [0.05, 0.1) is 12.8 Å². The molecule has 138 valence electrons. The van der Waals surface area contributed by atoms with E-state index in [1.54, 1.807) is 18.4 Å². The average Bonchev–Trinajstić information content (AvgIpc) is 3.27. The fourth-order valence-electron chi connectivity index (χ4n) is 4.44. The second kappa shape index (κ2) is 7.19. The molecule has 1 aliphatic carbocycles. The predicted molar refractivity (Wildman–Crippen MR) is 93.6 cm³/mol. The smallest absolute Gasteiger partial charge is 0.323 e. The van der Waals surface area contributed by atoms with E-state index in [1.807, 2.05) is 0 Å². The minimum atomic E-state index is -0.290. The average molecular weight is 358 g/mol. The molecular formula is C20H23FN2O3. The lowest BCUT2D eigenvalue weighted by molar-refractivity contribution is -0.146. The van der Waals surface area contributed by atoms with E-state index in [1.165, 1.54) is 38.5 Å². The number of hydrogen-bond donors (Lipinski definition) is 0. The number of carbonyl (C=O) groups is 1. The Morgan fingerprint density at radius 2 is 2.08 bits per heavy atom. The van der Waals surface area contributed by atoms with Gasteiger partial charge in [0.2, 0.25) is 5.89 Å². The van der Waals surface area contributed by atoms with Gasteiger partial charge in [0.1, 0.15) is 18.1 Å². The van der Waals surface area contributed by atoms with Crippen LogP contribution in [-0.2, 0) is 16.1 Å². The van der Waals surface area contributed by atoms with Gasteiger partial charge in [-0.15, -0.1) is 0 Å². The number of benzene rings is 1. The number of oxazole rings is 1. The Morgan fingerprint density at radius 3 is 2.85 bits per heavy atom. The summed E-state index contributed by atoms with van der Waals surface area (Å²) in [5, 5.41) is 0. The predicted octanol–water partition coefficient (Wildman–Crippen LogP) is 3.79. The van der Waals surface area contributed by atoms with Gasteiger partial charge in [-0.2, -0.15) is 0 Å². The minimum absolute atomic E-state index is 0.165. The molecule has 2 heterocycles. The summed E-state index contributed by atoms with van der Waals surface area (Å²) in [6, 6.07) is 6.27. The van der Waals surface area contributed by atoms with Crippen LogP contribution in [0.5, 0.6) is 0 Å². The summed E-state index contributed by atoms with van der Waals surface area (Å²) < 4.78 is 23.7. The maximum atomic E-state index is 13.1. The zero-order valence-electron chi connectivity index (χ0n) is 14.9. The van der Waals surface area contributed by atoms with Gasteiger partial charge in [-0.3, -0.25) is 9.69 Å². The van der Waals surface area contributed by atoms with E-state index in [0.29, 0.717) is 24.4 Å². The molecule has 3 atom stereocenters. The molecule has 1 aliphatic heterocycles. The maximum absolute atomic E-state index is 13.1. The summed E-state index contributed by atoms with van der Waals surface area (Å²) in [4.78, 5) is 19.1. The second-order valence-corrected chi connectivity index (χ2v) is 7.21. The Hall–Kier alpha value is -2.21. The van der Waals surface area contributed by atoms with E-state index in [-0.39, 0.29) is 17.8 Å². The van der Waals surface area contributed by atoms with Crippen molar-refractivity contribution in [1.29, 1.82) is 0 Å². The van der Waals surface area contributed by atoms with Gasteiger partial charge in [-0.1, -0.05) is 12.8 Å². The molecule has 2 aliphatic rings. The largest absolute Gasteiger partial charge is 0.468 e. The molecule has 1 aromatic heterocycles. The van der Waals surface area contributed by atoms with Gasteiger partial charge >= 0.3 is 5.97 Å². The quantitative estimate of drug-likeness (QED) is 0.779. The van der Waals surface area contributed by atoms with Crippen LogP contribution in [0.4, 0.5) is 4.39 Å². The molecule has 2 aromatic rings. The van der Waals surface area contributed by atoms with Gasteiger partial charge in [-0.05, 0) is 49.4 Å². The molecule has 4 rings (SSSR count). The standard InChI is InChI=1S/C20H23FN2O3/c1-25-20(24)18-10-14-4-2-3-5-17(14)23(18)11-16-12-26-19(22-16)13-6-8-15(21)9-7-13/h6-9,12,14,17-18H,2-5,10-11H2,1H3/t14-,17-,18+/m1/s1. The highest BCUT2D eigenvalue weighted by molar-refractivity contribution is 5.76. The van der Waals surface area contributed by atoms with Crippen molar-refractivity contribution in [3.8, 4) is 11.5 Å². The van der Waals surface area contributed by atoms with Crippen molar-refractivity contribution in [2.24, 2.45) is 5.92 Å². The third-order valence-corrected chi connectivity index (χ3v) is 5.68. The van der Waals surface area contributed by atoms with Crippen LogP contribution in [0.25, 0.3) is 11.5 Å². The lowest BCUT2D eigenvalue weighted by Crippen LogP contribution is -2.42. The van der Waals surface area contributed by atoms with Crippen LogP contribution < -0.4 is 0 Å². The molecule has 0 bridgehead atoms. The zero-order chi connectivity index (χ0) is 18.1. The molecule has 0 N–H and O–H groups in total. The number of halogens is 1. The van der Waals surface area contributed by atoms with Crippen LogP contribution in [0.2, 0.25) is 0 Å². The summed E-state index contributed by atoms with van der Waals surface area (Å²) in [5.41, 5.74) is 1.52. The summed E-state index contributed by atoms with van der Waals surface area (Å²) in [6.45, 7) is 0.561. The lowest BCUT2D eigenvalue weighted by atomic mass is 9.85. The summed E-state index contributed by atoms with van der Waals surface area (Å²) in [6.07, 6.45) is 7.21. The molecule has 1 aromatic carbocycles. The summed E-state index contributed by atoms with van der Waals surface area (Å²) in [5.74, 6) is 0.564. The molecule has 0 spiro atoms. The van der Waals surface area contributed by atoms with Crippen molar-refractivity contribution < 1.29 is 18.3 Å². The number of hydrogen-bond acceptors (Lipinski definition) is 5. The van der Waals surface area contributed by atoms with Gasteiger partial charge in [0.25, 0.3) is 0 Å². The van der Waals surface area contributed by atoms with E-state index in [9.17, 15) is 9.18 Å². The molecule has 1 saturated carbocycles. The third kappa shape index (κ3) is 3.26. The Bertz CT molecular complexity index is 774. The molecule has 6 heteroatoms. The summed E-state index contributed by atoms with van der Waals surface area (Å²) in [7, 11) is 1.45. The molecule has 0 unspecified atom stereocenters. The Kier molecular flexibility index (Phi) is 4.76. The monoisotopic (exact) mass is 358 g/mol. The zero-order valence-corrected chi connectivity index (χ0v) is 14.9.